The molecule has 0 bridgehead atoms. The highest BCUT2D eigenvalue weighted by atomic mass is 16.6. The lowest BCUT2D eigenvalue weighted by atomic mass is 10.0. The van der Waals surface area contributed by atoms with Crippen LogP contribution in [0.25, 0.3) is 0 Å². The number of ether oxygens (including phenoxy) is 3. The van der Waals surface area contributed by atoms with Gasteiger partial charge in [-0.15, -0.1) is 0 Å². The van der Waals surface area contributed by atoms with E-state index in [4.69, 9.17) is 14.2 Å². The van der Waals surface area contributed by atoms with Crippen LogP contribution < -0.4 is 0 Å². The van der Waals surface area contributed by atoms with Crippen molar-refractivity contribution < 1.29 is 28.6 Å². The summed E-state index contributed by atoms with van der Waals surface area (Å²) in [7, 11) is 0. The van der Waals surface area contributed by atoms with Gasteiger partial charge in [0.15, 0.2) is 6.10 Å². The van der Waals surface area contributed by atoms with Crippen molar-refractivity contribution in [1.29, 1.82) is 0 Å². The Morgan fingerprint density at radius 1 is 0.280 bits per heavy atom. The Hall–Kier alpha value is -3.67. The maximum atomic E-state index is 12.9. The minimum absolute atomic E-state index is 0.0808. The van der Waals surface area contributed by atoms with Crippen molar-refractivity contribution in [1.82, 2.24) is 0 Å². The van der Waals surface area contributed by atoms with Crippen LogP contribution in [0.5, 0.6) is 0 Å². The van der Waals surface area contributed by atoms with E-state index in [0.29, 0.717) is 19.3 Å². The fourth-order valence-corrected chi connectivity index (χ4v) is 8.90. The van der Waals surface area contributed by atoms with Crippen molar-refractivity contribution in [2.24, 2.45) is 0 Å². The molecule has 0 rings (SSSR count). The van der Waals surface area contributed by atoms with Gasteiger partial charge in [0.05, 0.1) is 0 Å². The molecule has 0 saturated heterocycles. The Morgan fingerprint density at radius 2 is 0.520 bits per heavy atom. The molecule has 75 heavy (non-hydrogen) atoms. The fourth-order valence-electron chi connectivity index (χ4n) is 8.90. The Bertz CT molecular complexity index is 1480. The average Bonchev–Trinajstić information content (AvgIpc) is 3.41. The van der Waals surface area contributed by atoms with Gasteiger partial charge in [-0.05, 0) is 96.3 Å². The molecule has 6 heteroatoms. The molecule has 0 aromatic heterocycles. The van der Waals surface area contributed by atoms with Crippen molar-refractivity contribution in [3.63, 3.8) is 0 Å². The highest BCUT2D eigenvalue weighted by Gasteiger charge is 2.19. The van der Waals surface area contributed by atoms with E-state index in [2.05, 4.69) is 118 Å². The molecule has 1 unspecified atom stereocenters. The molecule has 0 aromatic carbocycles. The number of carbonyl (C=O) groups excluding carboxylic acids is 3. The third kappa shape index (κ3) is 61.1. The highest BCUT2D eigenvalue weighted by Crippen LogP contribution is 2.16. The number of rotatable bonds is 57. The van der Waals surface area contributed by atoms with E-state index in [1.165, 1.54) is 141 Å². The summed E-state index contributed by atoms with van der Waals surface area (Å²) >= 11 is 0. The van der Waals surface area contributed by atoms with Gasteiger partial charge in [0.1, 0.15) is 13.2 Å². The van der Waals surface area contributed by atoms with Crippen LogP contribution in [0.15, 0.2) is 97.2 Å². The van der Waals surface area contributed by atoms with Crippen molar-refractivity contribution in [3.05, 3.63) is 97.2 Å². The van der Waals surface area contributed by atoms with Crippen molar-refractivity contribution in [2.45, 2.75) is 309 Å². The van der Waals surface area contributed by atoms with E-state index >= 15 is 0 Å². The number of carbonyl (C=O) groups is 3. The quantitative estimate of drug-likeness (QED) is 0.0261. The van der Waals surface area contributed by atoms with Crippen LogP contribution in [0, 0.1) is 0 Å². The topological polar surface area (TPSA) is 78.9 Å². The summed E-state index contributed by atoms with van der Waals surface area (Å²) in [6.07, 6.45) is 84.0. The maximum absolute atomic E-state index is 12.9. The van der Waals surface area contributed by atoms with Gasteiger partial charge >= 0.3 is 17.9 Å². The van der Waals surface area contributed by atoms with Crippen molar-refractivity contribution in [2.75, 3.05) is 13.2 Å². The minimum Gasteiger partial charge on any atom is -0.462 e. The summed E-state index contributed by atoms with van der Waals surface area (Å²) in [4.78, 5) is 38.3. The molecular weight excluding hydrogens is 925 g/mol. The number of esters is 3. The van der Waals surface area contributed by atoms with Gasteiger partial charge in [0.2, 0.25) is 0 Å². The van der Waals surface area contributed by atoms with Gasteiger partial charge < -0.3 is 14.2 Å². The minimum atomic E-state index is -0.786. The first-order valence-corrected chi connectivity index (χ1v) is 31.7. The molecule has 0 aliphatic carbocycles. The first kappa shape index (κ1) is 71.3. The molecule has 6 nitrogen and oxygen atoms in total. The van der Waals surface area contributed by atoms with Crippen LogP contribution in [0.2, 0.25) is 0 Å². The largest absolute Gasteiger partial charge is 0.462 e. The zero-order valence-corrected chi connectivity index (χ0v) is 49.3. The molecule has 0 heterocycles. The van der Waals surface area contributed by atoms with E-state index in [1.54, 1.807) is 0 Å². The normalized spacial score (nSPS) is 12.7. The number of hydrogen-bond acceptors (Lipinski definition) is 6. The third-order valence-corrected chi connectivity index (χ3v) is 13.6. The van der Waals surface area contributed by atoms with Gasteiger partial charge in [-0.25, -0.2) is 0 Å². The Balaban J connectivity index is 4.35. The molecule has 0 aliphatic heterocycles. The zero-order valence-electron chi connectivity index (χ0n) is 49.3. The smallest absolute Gasteiger partial charge is 0.306 e. The van der Waals surface area contributed by atoms with Crippen molar-refractivity contribution >= 4 is 17.9 Å². The molecule has 0 fully saturated rings. The summed E-state index contributed by atoms with van der Waals surface area (Å²) in [6.45, 7) is 6.43. The molecule has 0 aliphatic rings. The average molecular weight is 1040 g/mol. The SMILES string of the molecule is CC/C=C\C/C=C\C/C=C\C/C=C\C/C=C\CCCCCCCCCCCC(=O)OCC(COC(=O)CCCCCCCCCCCCCCCCC)OC(=O)CCCCCCCCC/C=C\C/C=C\C/C=C\CC. The highest BCUT2D eigenvalue weighted by molar-refractivity contribution is 5.71. The number of hydrogen-bond donors (Lipinski definition) is 0. The Kier molecular flexibility index (Phi) is 59.8. The van der Waals surface area contributed by atoms with E-state index in [0.717, 1.165) is 122 Å². The summed E-state index contributed by atoms with van der Waals surface area (Å²) in [5.74, 6) is -0.886. The van der Waals surface area contributed by atoms with Crippen LogP contribution in [0.1, 0.15) is 303 Å². The summed E-state index contributed by atoms with van der Waals surface area (Å²) in [5, 5.41) is 0. The maximum Gasteiger partial charge on any atom is 0.306 e. The second-order valence-electron chi connectivity index (χ2n) is 20.9. The van der Waals surface area contributed by atoms with Gasteiger partial charge in [0, 0.05) is 19.3 Å². The molecule has 0 amide bonds. The van der Waals surface area contributed by atoms with E-state index in [-0.39, 0.29) is 31.1 Å². The predicted molar refractivity (Wildman–Crippen MR) is 325 cm³/mol. The van der Waals surface area contributed by atoms with E-state index in [1.807, 2.05) is 0 Å². The number of allylic oxidation sites excluding steroid dienone is 16. The van der Waals surface area contributed by atoms with Crippen LogP contribution >= 0.6 is 0 Å². The Labute approximate surface area is 464 Å². The predicted octanol–water partition coefficient (Wildman–Crippen LogP) is 21.7. The summed E-state index contributed by atoms with van der Waals surface area (Å²) < 4.78 is 16.9. The Morgan fingerprint density at radius 3 is 0.813 bits per heavy atom. The molecular formula is C69H118O6. The molecule has 0 N–H and O–H groups in total. The fraction of sp³-hybridized carbons (Fsp3) is 0.725. The first-order valence-electron chi connectivity index (χ1n) is 31.7. The molecule has 430 valence electrons. The summed E-state index contributed by atoms with van der Waals surface area (Å²) in [6, 6.07) is 0. The second kappa shape index (κ2) is 62.9. The number of unbranched alkanes of at least 4 members (excludes halogenated alkanes) is 30. The molecule has 0 aromatic rings. The van der Waals surface area contributed by atoms with Gasteiger partial charge in [0.25, 0.3) is 0 Å². The van der Waals surface area contributed by atoms with Gasteiger partial charge in [-0.3, -0.25) is 14.4 Å². The van der Waals surface area contributed by atoms with Crippen LogP contribution in [-0.2, 0) is 28.6 Å². The third-order valence-electron chi connectivity index (χ3n) is 13.6. The van der Waals surface area contributed by atoms with Crippen LogP contribution in [0.4, 0.5) is 0 Å². The first-order chi connectivity index (χ1) is 37.0. The van der Waals surface area contributed by atoms with E-state index in [9.17, 15) is 14.4 Å². The lowest BCUT2D eigenvalue weighted by Gasteiger charge is -2.18. The van der Waals surface area contributed by atoms with E-state index < -0.39 is 6.10 Å². The lowest BCUT2D eigenvalue weighted by Crippen LogP contribution is -2.30. The zero-order chi connectivity index (χ0) is 54.3. The van der Waals surface area contributed by atoms with Gasteiger partial charge in [-0.1, -0.05) is 285 Å². The molecule has 0 saturated carbocycles. The van der Waals surface area contributed by atoms with Crippen LogP contribution in [-0.4, -0.2) is 37.2 Å². The monoisotopic (exact) mass is 1040 g/mol. The standard InChI is InChI=1S/C69H118O6/c1-4-7-10-13-16-19-22-25-28-30-31-32-33-34-35-36-37-39-41-44-47-50-53-56-59-62-68(71)74-65-66(64-73-67(70)61-58-55-52-49-46-43-40-27-24-21-18-15-12-9-6-3)75-69(72)63-60-57-54-51-48-45-42-38-29-26-23-20-17-14-11-8-5-2/h7-8,10-11,16-17,19-20,25-26,28-29,31-32,34-35,66H,4-6,9,12-15,18,21-24,27,30,33,36-65H2,1-3H3/b10-7-,11-8-,19-16-,20-17-,28-25-,29-26-,32-31-,35-34-. The lowest BCUT2D eigenvalue weighted by molar-refractivity contribution is -0.167. The second-order valence-corrected chi connectivity index (χ2v) is 20.9. The molecule has 0 spiro atoms. The molecule has 0 radical (unpaired) electrons. The van der Waals surface area contributed by atoms with Gasteiger partial charge in [-0.2, -0.15) is 0 Å². The van der Waals surface area contributed by atoms with Crippen molar-refractivity contribution in [3.8, 4) is 0 Å². The summed E-state index contributed by atoms with van der Waals surface area (Å²) in [5.41, 5.74) is 0. The van der Waals surface area contributed by atoms with Crippen LogP contribution in [0.3, 0.4) is 0 Å². The molecule has 1 atom stereocenters.